The Labute approximate surface area is 65.0 Å². The Bertz CT molecular complexity index is 197. The fraction of sp³-hybridized carbons (Fsp3) is 0.143. The molecule has 0 radical (unpaired) electrons. The summed E-state index contributed by atoms with van der Waals surface area (Å²) in [7, 11) is 0. The molecule has 60 valence electrons. The highest BCUT2D eigenvalue weighted by atomic mass is 16.2. The topological polar surface area (TPSA) is 58.2 Å². The van der Waals surface area contributed by atoms with E-state index in [9.17, 15) is 9.59 Å². The standard InChI is InChI=1S/C7H10N2O2/c1-3-5-8-7(11)9-6(10)4-2/h3-5H,2H2,1H3,(H2,8,9,10,11)/b5-3-. The van der Waals surface area contributed by atoms with Gasteiger partial charge in [-0.15, -0.1) is 0 Å². The molecular weight excluding hydrogens is 144 g/mol. The number of carbonyl (C=O) groups is 2. The second-order valence-electron chi connectivity index (χ2n) is 1.67. The van der Waals surface area contributed by atoms with Gasteiger partial charge in [0.05, 0.1) is 0 Å². The number of urea groups is 1. The summed E-state index contributed by atoms with van der Waals surface area (Å²) in [5.74, 6) is -0.521. The van der Waals surface area contributed by atoms with Gasteiger partial charge in [-0.05, 0) is 13.0 Å². The largest absolute Gasteiger partial charge is 0.325 e. The van der Waals surface area contributed by atoms with Gasteiger partial charge in [0, 0.05) is 6.20 Å². The van der Waals surface area contributed by atoms with Crippen LogP contribution in [0.2, 0.25) is 0 Å². The second kappa shape index (κ2) is 5.22. The minimum Gasteiger partial charge on any atom is -0.315 e. The van der Waals surface area contributed by atoms with Gasteiger partial charge in [0.1, 0.15) is 0 Å². The predicted octanol–water partition coefficient (Wildman–Crippen LogP) is 0.532. The van der Waals surface area contributed by atoms with Crippen molar-refractivity contribution in [2.45, 2.75) is 6.92 Å². The normalized spacial score (nSPS) is 9.18. The third kappa shape index (κ3) is 4.90. The molecule has 0 aliphatic heterocycles. The Morgan fingerprint density at radius 3 is 2.55 bits per heavy atom. The molecule has 3 amide bonds. The van der Waals surface area contributed by atoms with Crippen molar-refractivity contribution in [3.63, 3.8) is 0 Å². The molecule has 11 heavy (non-hydrogen) atoms. The molecular formula is C7H10N2O2. The highest BCUT2D eigenvalue weighted by Gasteiger charge is 1.99. The first-order valence-corrected chi connectivity index (χ1v) is 3.05. The number of amides is 3. The molecule has 0 spiro atoms. The highest BCUT2D eigenvalue weighted by Crippen LogP contribution is 1.69. The molecule has 0 aromatic carbocycles. The Morgan fingerprint density at radius 2 is 2.09 bits per heavy atom. The van der Waals surface area contributed by atoms with Gasteiger partial charge in [0.25, 0.3) is 5.91 Å². The molecule has 0 aromatic rings. The Morgan fingerprint density at radius 1 is 1.45 bits per heavy atom. The summed E-state index contributed by atoms with van der Waals surface area (Å²) < 4.78 is 0. The van der Waals surface area contributed by atoms with Crippen LogP contribution in [0.15, 0.2) is 24.9 Å². The first-order chi connectivity index (χ1) is 5.20. The van der Waals surface area contributed by atoms with Crippen molar-refractivity contribution in [1.82, 2.24) is 10.6 Å². The zero-order chi connectivity index (χ0) is 8.69. The minimum absolute atomic E-state index is 0.521. The number of imide groups is 1. The molecule has 0 aromatic heterocycles. The quantitative estimate of drug-likeness (QED) is 0.570. The maximum absolute atomic E-state index is 10.6. The summed E-state index contributed by atoms with van der Waals surface area (Å²) in [6.07, 6.45) is 4.08. The Hall–Kier alpha value is -1.58. The summed E-state index contributed by atoms with van der Waals surface area (Å²) in [4.78, 5) is 21.1. The summed E-state index contributed by atoms with van der Waals surface area (Å²) >= 11 is 0. The van der Waals surface area contributed by atoms with E-state index in [1.807, 2.05) is 5.32 Å². The molecule has 4 heteroatoms. The van der Waals surface area contributed by atoms with Gasteiger partial charge >= 0.3 is 6.03 Å². The lowest BCUT2D eigenvalue weighted by atomic mass is 10.6. The van der Waals surface area contributed by atoms with E-state index in [-0.39, 0.29) is 0 Å². The van der Waals surface area contributed by atoms with Gasteiger partial charge in [-0.2, -0.15) is 0 Å². The maximum Gasteiger partial charge on any atom is 0.325 e. The van der Waals surface area contributed by atoms with E-state index in [0.717, 1.165) is 6.08 Å². The second-order valence-corrected chi connectivity index (χ2v) is 1.67. The van der Waals surface area contributed by atoms with Crippen LogP contribution in [0.5, 0.6) is 0 Å². The van der Waals surface area contributed by atoms with Crippen LogP contribution in [0.4, 0.5) is 4.79 Å². The van der Waals surface area contributed by atoms with Crippen LogP contribution in [0, 0.1) is 0 Å². The SMILES string of the molecule is C=CC(=O)NC(=O)N/C=C\C. The van der Waals surface area contributed by atoms with Gasteiger partial charge in [0.2, 0.25) is 0 Å². The molecule has 0 saturated carbocycles. The molecule has 0 bridgehead atoms. The van der Waals surface area contributed by atoms with Gasteiger partial charge in [-0.25, -0.2) is 4.79 Å². The van der Waals surface area contributed by atoms with Crippen molar-refractivity contribution in [2.75, 3.05) is 0 Å². The molecule has 0 fully saturated rings. The minimum atomic E-state index is -0.562. The fourth-order valence-corrected chi connectivity index (χ4v) is 0.358. The van der Waals surface area contributed by atoms with Gasteiger partial charge < -0.3 is 5.32 Å². The molecule has 0 heterocycles. The molecule has 0 rings (SSSR count). The van der Waals surface area contributed by atoms with E-state index in [1.54, 1.807) is 13.0 Å². The van der Waals surface area contributed by atoms with Crippen molar-refractivity contribution in [3.8, 4) is 0 Å². The summed E-state index contributed by atoms with van der Waals surface area (Å²) in [5.41, 5.74) is 0. The predicted molar refractivity (Wildman–Crippen MR) is 41.7 cm³/mol. The molecule has 0 unspecified atom stereocenters. The van der Waals surface area contributed by atoms with Crippen molar-refractivity contribution in [2.24, 2.45) is 0 Å². The lowest BCUT2D eigenvalue weighted by molar-refractivity contribution is -0.115. The number of hydrogen-bond donors (Lipinski definition) is 2. The Balaban J connectivity index is 3.69. The smallest absolute Gasteiger partial charge is 0.315 e. The first kappa shape index (κ1) is 9.42. The van der Waals surface area contributed by atoms with Crippen molar-refractivity contribution < 1.29 is 9.59 Å². The van der Waals surface area contributed by atoms with Gasteiger partial charge in [0.15, 0.2) is 0 Å². The average Bonchev–Trinajstić information content (AvgIpc) is 2.00. The van der Waals surface area contributed by atoms with Crippen LogP contribution >= 0.6 is 0 Å². The summed E-state index contributed by atoms with van der Waals surface area (Å²) in [6, 6.07) is -0.562. The Kier molecular flexibility index (Phi) is 4.47. The molecule has 0 atom stereocenters. The number of carbonyl (C=O) groups excluding carboxylic acids is 2. The number of nitrogens with one attached hydrogen (secondary N) is 2. The maximum atomic E-state index is 10.6. The van der Waals surface area contributed by atoms with Crippen LogP contribution in [-0.2, 0) is 4.79 Å². The lowest BCUT2D eigenvalue weighted by Crippen LogP contribution is -2.35. The summed E-state index contributed by atoms with van der Waals surface area (Å²) in [6.45, 7) is 4.93. The highest BCUT2D eigenvalue weighted by molar-refractivity contribution is 6.00. The van der Waals surface area contributed by atoms with Crippen LogP contribution < -0.4 is 10.6 Å². The number of rotatable bonds is 2. The third-order valence-corrected chi connectivity index (χ3v) is 0.803. The van der Waals surface area contributed by atoms with Crippen molar-refractivity contribution >= 4 is 11.9 Å². The fourth-order valence-electron chi connectivity index (χ4n) is 0.358. The van der Waals surface area contributed by atoms with E-state index >= 15 is 0 Å². The lowest BCUT2D eigenvalue weighted by Gasteiger charge is -1.97. The molecule has 2 N–H and O–H groups in total. The van der Waals surface area contributed by atoms with Gasteiger partial charge in [-0.3, -0.25) is 10.1 Å². The van der Waals surface area contributed by atoms with E-state index in [0.29, 0.717) is 0 Å². The zero-order valence-corrected chi connectivity index (χ0v) is 6.26. The number of hydrogen-bond acceptors (Lipinski definition) is 2. The van der Waals surface area contributed by atoms with E-state index in [1.165, 1.54) is 6.20 Å². The van der Waals surface area contributed by atoms with E-state index in [4.69, 9.17) is 0 Å². The van der Waals surface area contributed by atoms with Crippen LogP contribution in [-0.4, -0.2) is 11.9 Å². The monoisotopic (exact) mass is 154 g/mol. The van der Waals surface area contributed by atoms with Crippen molar-refractivity contribution in [3.05, 3.63) is 24.9 Å². The summed E-state index contributed by atoms with van der Waals surface area (Å²) in [5, 5.41) is 4.30. The third-order valence-electron chi connectivity index (χ3n) is 0.803. The van der Waals surface area contributed by atoms with Crippen LogP contribution in [0.25, 0.3) is 0 Å². The molecule has 0 aliphatic rings. The zero-order valence-electron chi connectivity index (χ0n) is 6.26. The first-order valence-electron chi connectivity index (χ1n) is 3.05. The van der Waals surface area contributed by atoms with Gasteiger partial charge in [-0.1, -0.05) is 12.7 Å². The molecule has 0 saturated heterocycles. The van der Waals surface area contributed by atoms with Crippen LogP contribution in [0.1, 0.15) is 6.92 Å². The average molecular weight is 154 g/mol. The number of allylic oxidation sites excluding steroid dienone is 1. The van der Waals surface area contributed by atoms with E-state index in [2.05, 4.69) is 11.9 Å². The van der Waals surface area contributed by atoms with E-state index < -0.39 is 11.9 Å². The van der Waals surface area contributed by atoms with Crippen molar-refractivity contribution in [1.29, 1.82) is 0 Å². The van der Waals surface area contributed by atoms with Crippen LogP contribution in [0.3, 0.4) is 0 Å². The molecule has 4 nitrogen and oxygen atoms in total. The molecule has 0 aliphatic carbocycles.